The molecule has 116 valence electrons. The molecule has 0 N–H and O–H groups in total. The molecule has 0 aliphatic heterocycles. The SMILES string of the molecule is CCCOc1c(Cc2ccccc2)cccc1C1CCCC1. The summed E-state index contributed by atoms with van der Waals surface area (Å²) in [7, 11) is 0. The van der Waals surface area contributed by atoms with Crippen LogP contribution >= 0.6 is 0 Å². The minimum atomic E-state index is 0.697. The number of rotatable bonds is 6. The molecule has 0 saturated heterocycles. The molecule has 22 heavy (non-hydrogen) atoms. The van der Waals surface area contributed by atoms with Crippen LogP contribution in [0.2, 0.25) is 0 Å². The summed E-state index contributed by atoms with van der Waals surface area (Å²) >= 11 is 0. The van der Waals surface area contributed by atoms with Crippen LogP contribution < -0.4 is 4.74 Å². The quantitative estimate of drug-likeness (QED) is 0.661. The van der Waals surface area contributed by atoms with Crippen molar-refractivity contribution in [3.63, 3.8) is 0 Å². The maximum absolute atomic E-state index is 6.20. The Bertz CT molecular complexity index is 582. The lowest BCUT2D eigenvalue weighted by molar-refractivity contribution is 0.309. The van der Waals surface area contributed by atoms with E-state index in [1.54, 1.807) is 0 Å². The Kier molecular flexibility index (Phi) is 5.15. The summed E-state index contributed by atoms with van der Waals surface area (Å²) < 4.78 is 6.20. The lowest BCUT2D eigenvalue weighted by Crippen LogP contribution is -2.05. The van der Waals surface area contributed by atoms with Gasteiger partial charge in [0.05, 0.1) is 6.61 Å². The van der Waals surface area contributed by atoms with Crippen LogP contribution in [0.5, 0.6) is 5.75 Å². The van der Waals surface area contributed by atoms with Crippen molar-refractivity contribution in [1.82, 2.24) is 0 Å². The van der Waals surface area contributed by atoms with E-state index in [0.29, 0.717) is 5.92 Å². The first-order chi connectivity index (χ1) is 10.9. The predicted molar refractivity (Wildman–Crippen MR) is 92.7 cm³/mol. The third-order valence-corrected chi connectivity index (χ3v) is 4.61. The van der Waals surface area contributed by atoms with Gasteiger partial charge >= 0.3 is 0 Å². The van der Waals surface area contributed by atoms with Crippen LogP contribution in [0.15, 0.2) is 48.5 Å². The Morgan fingerprint density at radius 3 is 2.45 bits per heavy atom. The second-order valence-corrected chi connectivity index (χ2v) is 6.33. The van der Waals surface area contributed by atoms with Crippen molar-refractivity contribution in [3.05, 3.63) is 65.2 Å². The standard InChI is InChI=1S/C21H26O/c1-2-15-22-21-19(16-17-9-4-3-5-10-17)13-8-14-20(21)18-11-6-7-12-18/h3-5,8-10,13-14,18H,2,6-7,11-12,15-16H2,1H3. The fourth-order valence-electron chi connectivity index (χ4n) is 3.50. The summed E-state index contributed by atoms with van der Waals surface area (Å²) in [6.07, 6.45) is 7.38. The van der Waals surface area contributed by atoms with Crippen molar-refractivity contribution in [3.8, 4) is 5.75 Å². The number of hydrogen-bond donors (Lipinski definition) is 0. The van der Waals surface area contributed by atoms with E-state index in [1.165, 1.54) is 48.1 Å². The molecule has 2 aromatic carbocycles. The molecule has 0 radical (unpaired) electrons. The average molecular weight is 294 g/mol. The van der Waals surface area contributed by atoms with Crippen molar-refractivity contribution in [2.75, 3.05) is 6.61 Å². The van der Waals surface area contributed by atoms with Crippen molar-refractivity contribution in [2.45, 2.75) is 51.4 Å². The highest BCUT2D eigenvalue weighted by Crippen LogP contribution is 2.40. The summed E-state index contributed by atoms with van der Waals surface area (Å²) in [5.74, 6) is 1.86. The molecule has 3 rings (SSSR count). The summed E-state index contributed by atoms with van der Waals surface area (Å²) in [4.78, 5) is 0. The first kappa shape index (κ1) is 15.1. The van der Waals surface area contributed by atoms with Crippen molar-refractivity contribution in [2.24, 2.45) is 0 Å². The highest BCUT2D eigenvalue weighted by molar-refractivity contribution is 5.46. The highest BCUT2D eigenvalue weighted by atomic mass is 16.5. The van der Waals surface area contributed by atoms with Crippen LogP contribution in [0.1, 0.15) is 61.6 Å². The normalized spacial score (nSPS) is 15.1. The molecule has 0 amide bonds. The molecule has 1 aliphatic carbocycles. The summed E-state index contributed by atoms with van der Waals surface area (Å²) in [5, 5.41) is 0. The lowest BCUT2D eigenvalue weighted by Gasteiger charge is -2.19. The molecule has 1 nitrogen and oxygen atoms in total. The van der Waals surface area contributed by atoms with Gasteiger partial charge in [0.2, 0.25) is 0 Å². The van der Waals surface area contributed by atoms with Crippen LogP contribution in [-0.2, 0) is 6.42 Å². The zero-order valence-electron chi connectivity index (χ0n) is 13.6. The van der Waals surface area contributed by atoms with E-state index in [1.807, 2.05) is 0 Å². The monoisotopic (exact) mass is 294 g/mol. The molecule has 1 fully saturated rings. The second-order valence-electron chi connectivity index (χ2n) is 6.33. The Hall–Kier alpha value is -1.76. The van der Waals surface area contributed by atoms with E-state index in [4.69, 9.17) is 4.74 Å². The average Bonchev–Trinajstić information content (AvgIpc) is 3.09. The van der Waals surface area contributed by atoms with E-state index >= 15 is 0 Å². The molecule has 1 aliphatic rings. The molecule has 2 aromatic rings. The Balaban J connectivity index is 1.91. The molecule has 1 heteroatoms. The maximum atomic E-state index is 6.20. The van der Waals surface area contributed by atoms with Gasteiger partial charge in [0.25, 0.3) is 0 Å². The minimum absolute atomic E-state index is 0.697. The Labute approximate surface area is 134 Å². The van der Waals surface area contributed by atoms with Gasteiger partial charge in [-0.3, -0.25) is 0 Å². The van der Waals surface area contributed by atoms with E-state index in [9.17, 15) is 0 Å². The van der Waals surface area contributed by atoms with E-state index in [0.717, 1.165) is 19.4 Å². The number of para-hydroxylation sites is 1. The summed E-state index contributed by atoms with van der Waals surface area (Å²) in [6, 6.07) is 17.4. The van der Waals surface area contributed by atoms with Gasteiger partial charge in [0, 0.05) is 6.42 Å². The molecular formula is C21H26O. The van der Waals surface area contributed by atoms with Crippen molar-refractivity contribution < 1.29 is 4.74 Å². The summed E-state index contributed by atoms with van der Waals surface area (Å²) in [5.41, 5.74) is 4.14. The maximum Gasteiger partial charge on any atom is 0.126 e. The third kappa shape index (κ3) is 3.52. The van der Waals surface area contributed by atoms with Gasteiger partial charge in [0.15, 0.2) is 0 Å². The highest BCUT2D eigenvalue weighted by Gasteiger charge is 2.22. The topological polar surface area (TPSA) is 9.23 Å². The van der Waals surface area contributed by atoms with Crippen LogP contribution in [0.4, 0.5) is 0 Å². The Morgan fingerprint density at radius 2 is 1.73 bits per heavy atom. The van der Waals surface area contributed by atoms with E-state index in [-0.39, 0.29) is 0 Å². The number of hydrogen-bond acceptors (Lipinski definition) is 1. The lowest BCUT2D eigenvalue weighted by atomic mass is 9.92. The first-order valence-corrected chi connectivity index (χ1v) is 8.67. The number of benzene rings is 2. The van der Waals surface area contributed by atoms with Gasteiger partial charge in [-0.15, -0.1) is 0 Å². The van der Waals surface area contributed by atoms with Gasteiger partial charge < -0.3 is 4.74 Å². The fourth-order valence-corrected chi connectivity index (χ4v) is 3.50. The van der Waals surface area contributed by atoms with Crippen LogP contribution in [0, 0.1) is 0 Å². The van der Waals surface area contributed by atoms with Crippen LogP contribution in [-0.4, -0.2) is 6.61 Å². The zero-order valence-corrected chi connectivity index (χ0v) is 13.6. The minimum Gasteiger partial charge on any atom is -0.493 e. The second kappa shape index (κ2) is 7.49. The molecular weight excluding hydrogens is 268 g/mol. The first-order valence-electron chi connectivity index (χ1n) is 8.67. The predicted octanol–water partition coefficient (Wildman–Crippen LogP) is 5.72. The molecule has 0 aromatic heterocycles. The smallest absolute Gasteiger partial charge is 0.126 e. The van der Waals surface area contributed by atoms with Gasteiger partial charge in [0.1, 0.15) is 5.75 Å². The third-order valence-electron chi connectivity index (χ3n) is 4.61. The largest absolute Gasteiger partial charge is 0.493 e. The van der Waals surface area contributed by atoms with Crippen LogP contribution in [0.25, 0.3) is 0 Å². The fraction of sp³-hybridized carbons (Fsp3) is 0.429. The molecule has 0 spiro atoms. The van der Waals surface area contributed by atoms with Gasteiger partial charge in [-0.05, 0) is 41.9 Å². The number of ether oxygens (including phenoxy) is 1. The van der Waals surface area contributed by atoms with Gasteiger partial charge in [-0.25, -0.2) is 0 Å². The zero-order chi connectivity index (χ0) is 15.2. The molecule has 1 saturated carbocycles. The van der Waals surface area contributed by atoms with Gasteiger partial charge in [-0.1, -0.05) is 68.3 Å². The molecule has 0 atom stereocenters. The van der Waals surface area contributed by atoms with E-state index in [2.05, 4.69) is 55.5 Å². The van der Waals surface area contributed by atoms with E-state index < -0.39 is 0 Å². The van der Waals surface area contributed by atoms with Gasteiger partial charge in [-0.2, -0.15) is 0 Å². The molecule has 0 bridgehead atoms. The summed E-state index contributed by atoms with van der Waals surface area (Å²) in [6.45, 7) is 2.99. The van der Waals surface area contributed by atoms with Crippen molar-refractivity contribution >= 4 is 0 Å². The van der Waals surface area contributed by atoms with Crippen molar-refractivity contribution in [1.29, 1.82) is 0 Å². The van der Waals surface area contributed by atoms with Crippen LogP contribution in [0.3, 0.4) is 0 Å². The molecule has 0 heterocycles. The Morgan fingerprint density at radius 1 is 0.955 bits per heavy atom. The molecule has 0 unspecified atom stereocenters.